The maximum Gasteiger partial charge on any atom is 0.163 e. The molecule has 114 valence electrons. The maximum absolute atomic E-state index is 10.8. The number of benzene rings is 1. The van der Waals surface area contributed by atoms with E-state index in [1.165, 1.54) is 0 Å². The van der Waals surface area contributed by atoms with E-state index < -0.39 is 6.10 Å². The van der Waals surface area contributed by atoms with E-state index in [0.29, 0.717) is 29.4 Å². The van der Waals surface area contributed by atoms with E-state index >= 15 is 0 Å². The zero-order valence-corrected chi connectivity index (χ0v) is 12.9. The van der Waals surface area contributed by atoms with Gasteiger partial charge in [-0.05, 0) is 26.8 Å². The Morgan fingerprint density at radius 2 is 1.95 bits per heavy atom. The lowest BCUT2D eigenvalue weighted by Gasteiger charge is -2.19. The molecule has 1 heterocycles. The van der Waals surface area contributed by atoms with Gasteiger partial charge in [-0.3, -0.25) is 4.68 Å². The van der Waals surface area contributed by atoms with Crippen molar-refractivity contribution in [2.45, 2.75) is 32.9 Å². The van der Waals surface area contributed by atoms with Gasteiger partial charge >= 0.3 is 0 Å². The van der Waals surface area contributed by atoms with Crippen LogP contribution in [0.2, 0.25) is 0 Å². The molecule has 2 rings (SSSR count). The van der Waals surface area contributed by atoms with Gasteiger partial charge in [-0.1, -0.05) is 18.2 Å². The van der Waals surface area contributed by atoms with E-state index in [9.17, 15) is 5.11 Å². The van der Waals surface area contributed by atoms with Crippen LogP contribution in [0.15, 0.2) is 30.5 Å². The number of para-hydroxylation sites is 1. The minimum Gasteiger partial charge on any atom is -0.493 e. The smallest absolute Gasteiger partial charge is 0.163 e. The SMILES string of the molecule is CCOc1ccccc1C(O)c1c(OC)cnn1C(C)C. The lowest BCUT2D eigenvalue weighted by atomic mass is 10.0. The van der Waals surface area contributed by atoms with Crippen molar-refractivity contribution in [3.8, 4) is 11.5 Å². The Kier molecular flexibility index (Phi) is 4.85. The summed E-state index contributed by atoms with van der Waals surface area (Å²) in [5.41, 5.74) is 1.35. The molecule has 0 spiro atoms. The standard InChI is InChI=1S/C16H22N2O3/c1-5-21-13-9-7-6-8-12(13)16(19)15-14(20-4)10-17-18(15)11(2)3/h6-11,16,19H,5H2,1-4H3. The highest BCUT2D eigenvalue weighted by Crippen LogP contribution is 2.35. The number of rotatable bonds is 6. The van der Waals surface area contributed by atoms with Gasteiger partial charge in [0, 0.05) is 11.6 Å². The van der Waals surface area contributed by atoms with Crippen LogP contribution in [0.1, 0.15) is 44.2 Å². The molecule has 21 heavy (non-hydrogen) atoms. The summed E-state index contributed by atoms with van der Waals surface area (Å²) in [7, 11) is 1.58. The van der Waals surface area contributed by atoms with Crippen molar-refractivity contribution in [3.63, 3.8) is 0 Å². The summed E-state index contributed by atoms with van der Waals surface area (Å²) < 4.78 is 12.7. The summed E-state index contributed by atoms with van der Waals surface area (Å²) in [5.74, 6) is 1.24. The number of nitrogens with zero attached hydrogens (tertiary/aromatic N) is 2. The quantitative estimate of drug-likeness (QED) is 0.888. The van der Waals surface area contributed by atoms with Crippen LogP contribution in [0.5, 0.6) is 11.5 Å². The van der Waals surface area contributed by atoms with Crippen LogP contribution in [0.4, 0.5) is 0 Å². The van der Waals surface area contributed by atoms with Crippen LogP contribution >= 0.6 is 0 Å². The highest BCUT2D eigenvalue weighted by molar-refractivity contribution is 5.42. The Balaban J connectivity index is 2.49. The van der Waals surface area contributed by atoms with E-state index in [2.05, 4.69) is 5.10 Å². The molecule has 0 amide bonds. The molecular formula is C16H22N2O3. The summed E-state index contributed by atoms with van der Waals surface area (Å²) in [6.07, 6.45) is 0.773. The number of aromatic nitrogens is 2. The number of ether oxygens (including phenoxy) is 2. The lowest BCUT2D eigenvalue weighted by molar-refractivity contribution is 0.193. The predicted molar refractivity (Wildman–Crippen MR) is 80.8 cm³/mol. The molecule has 1 unspecified atom stereocenters. The first-order valence-corrected chi connectivity index (χ1v) is 7.11. The predicted octanol–water partition coefficient (Wildman–Crippen LogP) is 2.95. The fourth-order valence-electron chi connectivity index (χ4n) is 2.33. The molecule has 0 saturated heterocycles. The van der Waals surface area contributed by atoms with Crippen molar-refractivity contribution in [1.82, 2.24) is 9.78 Å². The minimum atomic E-state index is -0.854. The zero-order valence-electron chi connectivity index (χ0n) is 12.9. The number of hydrogen-bond donors (Lipinski definition) is 1. The van der Waals surface area contributed by atoms with Crippen LogP contribution in [0.25, 0.3) is 0 Å². The molecule has 0 bridgehead atoms. The Hall–Kier alpha value is -2.01. The monoisotopic (exact) mass is 290 g/mol. The number of aliphatic hydroxyl groups excluding tert-OH is 1. The molecule has 5 nitrogen and oxygen atoms in total. The van der Waals surface area contributed by atoms with Crippen molar-refractivity contribution in [2.75, 3.05) is 13.7 Å². The first-order chi connectivity index (χ1) is 10.1. The molecule has 1 atom stereocenters. The fraction of sp³-hybridized carbons (Fsp3) is 0.438. The summed E-state index contributed by atoms with van der Waals surface area (Å²) >= 11 is 0. The van der Waals surface area contributed by atoms with Crippen molar-refractivity contribution in [3.05, 3.63) is 41.7 Å². The van der Waals surface area contributed by atoms with Crippen molar-refractivity contribution >= 4 is 0 Å². The number of hydrogen-bond acceptors (Lipinski definition) is 4. The van der Waals surface area contributed by atoms with E-state index in [0.717, 1.165) is 0 Å². The van der Waals surface area contributed by atoms with Crippen LogP contribution in [0, 0.1) is 0 Å². The fourth-order valence-corrected chi connectivity index (χ4v) is 2.33. The first-order valence-electron chi connectivity index (χ1n) is 7.11. The average Bonchev–Trinajstić information content (AvgIpc) is 2.91. The van der Waals surface area contributed by atoms with Gasteiger partial charge in [-0.2, -0.15) is 5.10 Å². The van der Waals surface area contributed by atoms with E-state index in [-0.39, 0.29) is 6.04 Å². The molecular weight excluding hydrogens is 268 g/mol. The van der Waals surface area contributed by atoms with Crippen LogP contribution in [0.3, 0.4) is 0 Å². The molecule has 1 aromatic heterocycles. The average molecular weight is 290 g/mol. The van der Waals surface area contributed by atoms with E-state index in [1.54, 1.807) is 18.0 Å². The Morgan fingerprint density at radius 1 is 1.24 bits per heavy atom. The van der Waals surface area contributed by atoms with Gasteiger partial charge in [0.15, 0.2) is 5.75 Å². The van der Waals surface area contributed by atoms with Gasteiger partial charge < -0.3 is 14.6 Å². The zero-order chi connectivity index (χ0) is 15.4. The van der Waals surface area contributed by atoms with Crippen molar-refractivity contribution < 1.29 is 14.6 Å². The second kappa shape index (κ2) is 6.63. The molecule has 0 saturated carbocycles. The normalized spacial score (nSPS) is 12.5. The lowest BCUT2D eigenvalue weighted by Crippen LogP contribution is -2.14. The van der Waals surface area contributed by atoms with Crippen molar-refractivity contribution in [1.29, 1.82) is 0 Å². The third kappa shape index (κ3) is 3.03. The highest BCUT2D eigenvalue weighted by Gasteiger charge is 2.25. The van der Waals surface area contributed by atoms with Gasteiger partial charge in [0.05, 0.1) is 19.9 Å². The summed E-state index contributed by atoms with van der Waals surface area (Å²) in [6, 6.07) is 7.59. The van der Waals surface area contributed by atoms with E-state index in [4.69, 9.17) is 9.47 Å². The summed E-state index contributed by atoms with van der Waals surface area (Å²) in [6.45, 7) is 6.49. The van der Waals surface area contributed by atoms with Gasteiger partial charge in [0.2, 0.25) is 0 Å². The second-order valence-corrected chi connectivity index (χ2v) is 5.01. The third-order valence-corrected chi connectivity index (χ3v) is 3.28. The van der Waals surface area contributed by atoms with Crippen LogP contribution < -0.4 is 9.47 Å². The summed E-state index contributed by atoms with van der Waals surface area (Å²) in [4.78, 5) is 0. The first kappa shape index (κ1) is 15.4. The molecule has 5 heteroatoms. The molecule has 1 N–H and O–H groups in total. The van der Waals surface area contributed by atoms with Gasteiger partial charge in [-0.15, -0.1) is 0 Å². The third-order valence-electron chi connectivity index (χ3n) is 3.28. The van der Waals surface area contributed by atoms with Gasteiger partial charge in [-0.25, -0.2) is 0 Å². The molecule has 2 aromatic rings. The van der Waals surface area contributed by atoms with Gasteiger partial charge in [0.25, 0.3) is 0 Å². The van der Waals surface area contributed by atoms with Crippen LogP contribution in [-0.2, 0) is 0 Å². The Labute approximate surface area is 125 Å². The maximum atomic E-state index is 10.8. The molecule has 0 aliphatic rings. The largest absolute Gasteiger partial charge is 0.493 e. The minimum absolute atomic E-state index is 0.123. The van der Waals surface area contributed by atoms with Crippen LogP contribution in [-0.4, -0.2) is 28.6 Å². The number of aliphatic hydroxyl groups is 1. The molecule has 1 aromatic carbocycles. The Morgan fingerprint density at radius 3 is 2.57 bits per heavy atom. The second-order valence-electron chi connectivity index (χ2n) is 5.01. The number of methoxy groups -OCH3 is 1. The van der Waals surface area contributed by atoms with Crippen molar-refractivity contribution in [2.24, 2.45) is 0 Å². The molecule has 0 fully saturated rings. The summed E-state index contributed by atoms with van der Waals surface area (Å²) in [5, 5.41) is 15.1. The van der Waals surface area contributed by atoms with E-state index in [1.807, 2.05) is 45.0 Å². The molecule has 0 aliphatic carbocycles. The van der Waals surface area contributed by atoms with Gasteiger partial charge in [0.1, 0.15) is 17.5 Å². The molecule has 0 aliphatic heterocycles. The topological polar surface area (TPSA) is 56.5 Å². The Bertz CT molecular complexity index is 593. The highest BCUT2D eigenvalue weighted by atomic mass is 16.5. The molecule has 0 radical (unpaired) electrons.